The van der Waals surface area contributed by atoms with Crippen molar-refractivity contribution in [3.63, 3.8) is 0 Å². The van der Waals surface area contributed by atoms with E-state index in [1.165, 1.54) is 11.5 Å². The van der Waals surface area contributed by atoms with E-state index < -0.39 is 0 Å². The molecule has 0 aliphatic heterocycles. The molecular formula is C10H19N3S. The van der Waals surface area contributed by atoms with Gasteiger partial charge in [0.2, 0.25) is 5.13 Å². The molecule has 1 N–H and O–H groups in total. The Morgan fingerprint density at radius 1 is 1.43 bits per heavy atom. The summed E-state index contributed by atoms with van der Waals surface area (Å²) >= 11 is 1.44. The average molecular weight is 213 g/mol. The Balaban J connectivity index is 2.66. The van der Waals surface area contributed by atoms with Crippen LogP contribution in [0.4, 0.5) is 5.13 Å². The van der Waals surface area contributed by atoms with Crippen LogP contribution in [0, 0.1) is 12.3 Å². The van der Waals surface area contributed by atoms with E-state index in [9.17, 15) is 0 Å². The molecule has 0 saturated heterocycles. The van der Waals surface area contributed by atoms with Crippen LogP contribution in [0.2, 0.25) is 0 Å². The van der Waals surface area contributed by atoms with Crippen molar-refractivity contribution in [2.45, 2.75) is 47.1 Å². The van der Waals surface area contributed by atoms with Gasteiger partial charge in [-0.1, -0.05) is 27.7 Å². The van der Waals surface area contributed by atoms with Gasteiger partial charge in [0, 0.05) is 17.6 Å². The lowest BCUT2D eigenvalue weighted by Crippen LogP contribution is -2.33. The van der Waals surface area contributed by atoms with Crippen LogP contribution in [0.15, 0.2) is 0 Å². The fraction of sp³-hybridized carbons (Fsp3) is 0.800. The van der Waals surface area contributed by atoms with Gasteiger partial charge in [0.1, 0.15) is 5.82 Å². The Kier molecular flexibility index (Phi) is 3.48. The Labute approximate surface area is 90.1 Å². The Morgan fingerprint density at radius 2 is 2.07 bits per heavy atom. The van der Waals surface area contributed by atoms with Crippen LogP contribution in [0.5, 0.6) is 0 Å². The molecule has 0 fully saturated rings. The molecular weight excluding hydrogens is 194 g/mol. The predicted octanol–water partition coefficient (Wildman–Crippen LogP) is 3.08. The number of nitrogens with zero attached hydrogens (tertiary/aromatic N) is 2. The number of hydrogen-bond donors (Lipinski definition) is 1. The number of aryl methyl sites for hydroxylation is 1. The molecule has 0 saturated carbocycles. The zero-order valence-corrected chi connectivity index (χ0v) is 10.4. The zero-order valence-electron chi connectivity index (χ0n) is 9.59. The van der Waals surface area contributed by atoms with E-state index in [2.05, 4.69) is 42.4 Å². The lowest BCUT2D eigenvalue weighted by atomic mass is 9.85. The molecule has 0 aliphatic rings. The smallest absolute Gasteiger partial charge is 0.202 e. The summed E-state index contributed by atoms with van der Waals surface area (Å²) in [6.07, 6.45) is 1.10. The Hall–Kier alpha value is -0.640. The normalized spacial score (nSPS) is 14.1. The van der Waals surface area contributed by atoms with Crippen LogP contribution >= 0.6 is 11.5 Å². The third kappa shape index (κ3) is 2.94. The van der Waals surface area contributed by atoms with Crippen LogP contribution in [-0.4, -0.2) is 15.4 Å². The summed E-state index contributed by atoms with van der Waals surface area (Å²) in [5.41, 5.74) is 0.258. The first kappa shape index (κ1) is 11.4. The number of anilines is 1. The molecule has 1 atom stereocenters. The third-order valence-corrected chi connectivity index (χ3v) is 3.02. The fourth-order valence-electron chi connectivity index (χ4n) is 1.44. The van der Waals surface area contributed by atoms with E-state index >= 15 is 0 Å². The lowest BCUT2D eigenvalue weighted by molar-refractivity contribution is 0.333. The van der Waals surface area contributed by atoms with Crippen molar-refractivity contribution in [2.24, 2.45) is 5.41 Å². The monoisotopic (exact) mass is 213 g/mol. The van der Waals surface area contributed by atoms with Crippen molar-refractivity contribution in [2.75, 3.05) is 5.32 Å². The summed E-state index contributed by atoms with van der Waals surface area (Å²) in [5.74, 6) is 0.848. The number of hydrogen-bond acceptors (Lipinski definition) is 4. The number of aromatic nitrogens is 2. The molecule has 0 radical (unpaired) electrons. The van der Waals surface area contributed by atoms with Crippen LogP contribution in [0.3, 0.4) is 0 Å². The second kappa shape index (κ2) is 4.26. The van der Waals surface area contributed by atoms with Gasteiger partial charge >= 0.3 is 0 Å². The molecule has 4 heteroatoms. The van der Waals surface area contributed by atoms with Crippen molar-refractivity contribution in [1.29, 1.82) is 0 Å². The fourth-order valence-corrected chi connectivity index (χ4v) is 2.06. The minimum Gasteiger partial charge on any atom is -0.357 e. The van der Waals surface area contributed by atoms with E-state index in [1.54, 1.807) is 0 Å². The standard InChI is InChI=1S/C10H19N3S/c1-6-8(10(3,4)5)12-9-11-7(2)13-14-9/h8H,6H2,1-5H3,(H,11,12,13). The van der Waals surface area contributed by atoms with Crippen LogP contribution in [0.25, 0.3) is 0 Å². The van der Waals surface area contributed by atoms with E-state index in [1.807, 2.05) is 6.92 Å². The van der Waals surface area contributed by atoms with Gasteiger partial charge in [0.15, 0.2) is 0 Å². The molecule has 80 valence electrons. The maximum absolute atomic E-state index is 4.31. The molecule has 0 spiro atoms. The van der Waals surface area contributed by atoms with Crippen LogP contribution in [0.1, 0.15) is 39.9 Å². The molecule has 1 aromatic heterocycles. The van der Waals surface area contributed by atoms with E-state index in [0.29, 0.717) is 6.04 Å². The minimum atomic E-state index is 0.258. The van der Waals surface area contributed by atoms with Gasteiger partial charge in [-0.05, 0) is 18.8 Å². The second-order valence-electron chi connectivity index (χ2n) is 4.62. The summed E-state index contributed by atoms with van der Waals surface area (Å²) in [7, 11) is 0. The molecule has 3 nitrogen and oxygen atoms in total. The molecule has 1 aromatic rings. The van der Waals surface area contributed by atoms with Crippen LogP contribution in [-0.2, 0) is 0 Å². The average Bonchev–Trinajstić information content (AvgIpc) is 2.45. The van der Waals surface area contributed by atoms with Crippen molar-refractivity contribution in [3.05, 3.63) is 5.82 Å². The van der Waals surface area contributed by atoms with Gasteiger partial charge in [-0.2, -0.15) is 4.37 Å². The highest BCUT2D eigenvalue weighted by atomic mass is 32.1. The van der Waals surface area contributed by atoms with Gasteiger partial charge in [-0.15, -0.1) is 0 Å². The minimum absolute atomic E-state index is 0.258. The highest BCUT2D eigenvalue weighted by Crippen LogP contribution is 2.25. The molecule has 1 rings (SSSR count). The molecule has 0 bridgehead atoms. The van der Waals surface area contributed by atoms with E-state index in [4.69, 9.17) is 0 Å². The van der Waals surface area contributed by atoms with Gasteiger partial charge in [0.25, 0.3) is 0 Å². The highest BCUT2D eigenvalue weighted by molar-refractivity contribution is 7.09. The number of nitrogens with one attached hydrogen (secondary N) is 1. The van der Waals surface area contributed by atoms with Gasteiger partial charge in [0.05, 0.1) is 0 Å². The highest BCUT2D eigenvalue weighted by Gasteiger charge is 2.23. The Bertz CT molecular complexity index is 288. The second-order valence-corrected chi connectivity index (χ2v) is 5.37. The number of rotatable bonds is 3. The van der Waals surface area contributed by atoms with Crippen molar-refractivity contribution in [1.82, 2.24) is 9.36 Å². The summed E-state index contributed by atoms with van der Waals surface area (Å²) in [6, 6.07) is 0.454. The molecule has 0 aliphatic carbocycles. The topological polar surface area (TPSA) is 37.8 Å². The zero-order chi connectivity index (χ0) is 10.8. The quantitative estimate of drug-likeness (QED) is 0.838. The van der Waals surface area contributed by atoms with Crippen molar-refractivity contribution < 1.29 is 0 Å². The first-order chi connectivity index (χ1) is 6.43. The molecule has 1 heterocycles. The predicted molar refractivity (Wildman–Crippen MR) is 61.8 cm³/mol. The van der Waals surface area contributed by atoms with E-state index in [-0.39, 0.29) is 5.41 Å². The Morgan fingerprint density at radius 3 is 2.43 bits per heavy atom. The summed E-state index contributed by atoms with van der Waals surface area (Å²) < 4.78 is 4.15. The first-order valence-corrected chi connectivity index (χ1v) is 5.77. The summed E-state index contributed by atoms with van der Waals surface area (Å²) in [6.45, 7) is 10.8. The largest absolute Gasteiger partial charge is 0.357 e. The summed E-state index contributed by atoms with van der Waals surface area (Å²) in [5, 5.41) is 4.37. The first-order valence-electron chi connectivity index (χ1n) is 5.00. The van der Waals surface area contributed by atoms with Crippen LogP contribution < -0.4 is 5.32 Å². The van der Waals surface area contributed by atoms with Gasteiger partial charge in [-0.3, -0.25) is 0 Å². The molecule has 14 heavy (non-hydrogen) atoms. The summed E-state index contributed by atoms with van der Waals surface area (Å²) in [4.78, 5) is 4.31. The molecule has 0 aromatic carbocycles. The lowest BCUT2D eigenvalue weighted by Gasteiger charge is -2.30. The van der Waals surface area contributed by atoms with E-state index in [0.717, 1.165) is 17.4 Å². The third-order valence-electron chi connectivity index (χ3n) is 2.28. The van der Waals surface area contributed by atoms with Gasteiger partial charge < -0.3 is 5.32 Å². The molecule has 0 amide bonds. The SMILES string of the molecule is CCC(Nc1nc(C)ns1)C(C)(C)C. The van der Waals surface area contributed by atoms with Gasteiger partial charge in [-0.25, -0.2) is 4.98 Å². The maximum Gasteiger partial charge on any atom is 0.202 e. The van der Waals surface area contributed by atoms with Crippen molar-refractivity contribution in [3.8, 4) is 0 Å². The maximum atomic E-state index is 4.31. The van der Waals surface area contributed by atoms with Crippen molar-refractivity contribution >= 4 is 16.7 Å². The molecule has 1 unspecified atom stereocenters.